The van der Waals surface area contributed by atoms with Crippen LogP contribution in [0.5, 0.6) is 0 Å². The molecule has 0 aromatic carbocycles. The van der Waals surface area contributed by atoms with Gasteiger partial charge in [-0.25, -0.2) is 0 Å². The molecule has 1 nitrogen and oxygen atoms in total. The van der Waals surface area contributed by atoms with E-state index in [1.165, 1.54) is 63.7 Å². The highest BCUT2D eigenvalue weighted by Crippen LogP contribution is 2.26. The zero-order valence-electron chi connectivity index (χ0n) is 11.1. The molecule has 0 aliphatic heterocycles. The molecule has 2 atom stereocenters. The average Bonchev–Trinajstić information content (AvgIpc) is 2.34. The van der Waals surface area contributed by atoms with Crippen LogP contribution in [0.3, 0.4) is 0 Å². The highest BCUT2D eigenvalue weighted by atomic mass is 32.2. The van der Waals surface area contributed by atoms with Crippen LogP contribution in [0.2, 0.25) is 0 Å². The normalized spacial score (nSPS) is 25.9. The predicted octanol–water partition coefficient (Wildman–Crippen LogP) is 4.08. The van der Waals surface area contributed by atoms with Gasteiger partial charge in [-0.2, -0.15) is 11.8 Å². The van der Waals surface area contributed by atoms with Crippen molar-refractivity contribution in [1.29, 1.82) is 0 Å². The van der Waals surface area contributed by atoms with Gasteiger partial charge in [0.2, 0.25) is 0 Å². The van der Waals surface area contributed by atoms with Crippen LogP contribution in [0.15, 0.2) is 0 Å². The maximum absolute atomic E-state index is 3.76. The summed E-state index contributed by atoms with van der Waals surface area (Å²) in [6.07, 6.45) is 13.5. The standard InChI is InChI=1S/C14H29NS/c1-3-13-8-7-9-14(12-13)15-10-5-4-6-11-16-2/h13-15H,3-12H2,1-2H3. The lowest BCUT2D eigenvalue weighted by Crippen LogP contribution is -2.34. The molecule has 0 aromatic rings. The molecule has 0 spiro atoms. The third-order valence-corrected chi connectivity index (χ3v) is 4.52. The fraction of sp³-hybridized carbons (Fsp3) is 1.00. The third-order valence-electron chi connectivity index (χ3n) is 3.82. The van der Waals surface area contributed by atoms with Gasteiger partial charge in [0.15, 0.2) is 0 Å². The van der Waals surface area contributed by atoms with E-state index >= 15 is 0 Å². The van der Waals surface area contributed by atoms with Gasteiger partial charge in [-0.15, -0.1) is 0 Å². The van der Waals surface area contributed by atoms with E-state index in [1.807, 2.05) is 11.8 Å². The van der Waals surface area contributed by atoms with Gasteiger partial charge in [0.1, 0.15) is 0 Å². The van der Waals surface area contributed by atoms with Gasteiger partial charge in [-0.3, -0.25) is 0 Å². The zero-order chi connectivity index (χ0) is 11.6. The topological polar surface area (TPSA) is 12.0 Å². The van der Waals surface area contributed by atoms with Crippen LogP contribution in [-0.4, -0.2) is 24.6 Å². The first-order chi connectivity index (χ1) is 7.86. The molecule has 0 bridgehead atoms. The maximum Gasteiger partial charge on any atom is 0.00697 e. The number of thioether (sulfide) groups is 1. The summed E-state index contributed by atoms with van der Waals surface area (Å²) in [5.74, 6) is 2.34. The second kappa shape index (κ2) is 9.35. The highest BCUT2D eigenvalue weighted by molar-refractivity contribution is 7.98. The minimum atomic E-state index is 0.833. The Morgan fingerprint density at radius 3 is 2.81 bits per heavy atom. The van der Waals surface area contributed by atoms with Gasteiger partial charge in [-0.05, 0) is 50.2 Å². The first-order valence-corrected chi connectivity index (χ1v) is 8.48. The van der Waals surface area contributed by atoms with Crippen LogP contribution in [0, 0.1) is 5.92 Å². The van der Waals surface area contributed by atoms with Gasteiger partial charge >= 0.3 is 0 Å². The van der Waals surface area contributed by atoms with Gasteiger partial charge in [0, 0.05) is 6.04 Å². The van der Waals surface area contributed by atoms with E-state index in [4.69, 9.17) is 0 Å². The van der Waals surface area contributed by atoms with E-state index < -0.39 is 0 Å². The summed E-state index contributed by atoms with van der Waals surface area (Å²) in [5, 5.41) is 3.76. The molecule has 0 radical (unpaired) electrons. The lowest BCUT2D eigenvalue weighted by atomic mass is 9.84. The number of unbranched alkanes of at least 4 members (excludes halogenated alkanes) is 2. The molecule has 96 valence electrons. The fourth-order valence-electron chi connectivity index (χ4n) is 2.70. The molecular weight excluding hydrogens is 214 g/mol. The number of hydrogen-bond acceptors (Lipinski definition) is 2. The van der Waals surface area contributed by atoms with Crippen molar-refractivity contribution in [3.05, 3.63) is 0 Å². The van der Waals surface area contributed by atoms with Gasteiger partial charge < -0.3 is 5.32 Å². The van der Waals surface area contributed by atoms with Crippen LogP contribution in [0.4, 0.5) is 0 Å². The minimum Gasteiger partial charge on any atom is -0.314 e. The Bertz CT molecular complexity index is 161. The summed E-state index contributed by atoms with van der Waals surface area (Å²) in [6, 6.07) is 0.833. The van der Waals surface area contributed by atoms with Crippen molar-refractivity contribution in [2.24, 2.45) is 5.92 Å². The molecule has 1 saturated carbocycles. The van der Waals surface area contributed by atoms with Crippen molar-refractivity contribution < 1.29 is 0 Å². The average molecular weight is 243 g/mol. The lowest BCUT2D eigenvalue weighted by Gasteiger charge is -2.29. The van der Waals surface area contributed by atoms with Crippen molar-refractivity contribution in [3.8, 4) is 0 Å². The number of rotatable bonds is 8. The van der Waals surface area contributed by atoms with E-state index in [0.29, 0.717) is 0 Å². The Morgan fingerprint density at radius 2 is 2.06 bits per heavy atom. The van der Waals surface area contributed by atoms with Crippen molar-refractivity contribution >= 4 is 11.8 Å². The molecular formula is C14H29NS. The van der Waals surface area contributed by atoms with Crippen molar-refractivity contribution in [2.75, 3.05) is 18.6 Å². The molecule has 0 heterocycles. The molecule has 16 heavy (non-hydrogen) atoms. The Labute approximate surface area is 106 Å². The van der Waals surface area contributed by atoms with Crippen LogP contribution < -0.4 is 5.32 Å². The van der Waals surface area contributed by atoms with Crippen LogP contribution in [-0.2, 0) is 0 Å². The van der Waals surface area contributed by atoms with Gasteiger partial charge in [0.05, 0.1) is 0 Å². The molecule has 0 aromatic heterocycles. The fourth-order valence-corrected chi connectivity index (χ4v) is 3.19. The maximum atomic E-state index is 3.76. The second-order valence-corrected chi connectivity index (χ2v) is 6.13. The largest absolute Gasteiger partial charge is 0.314 e. The smallest absolute Gasteiger partial charge is 0.00697 e. The molecule has 0 saturated heterocycles. The molecule has 1 aliphatic carbocycles. The minimum absolute atomic E-state index is 0.833. The van der Waals surface area contributed by atoms with Crippen molar-refractivity contribution in [2.45, 2.75) is 64.3 Å². The van der Waals surface area contributed by atoms with E-state index in [-0.39, 0.29) is 0 Å². The van der Waals surface area contributed by atoms with Crippen LogP contribution in [0.25, 0.3) is 0 Å². The summed E-state index contributed by atoms with van der Waals surface area (Å²) in [7, 11) is 0. The summed E-state index contributed by atoms with van der Waals surface area (Å²) < 4.78 is 0. The van der Waals surface area contributed by atoms with Gasteiger partial charge in [0.25, 0.3) is 0 Å². The lowest BCUT2D eigenvalue weighted by molar-refractivity contribution is 0.279. The van der Waals surface area contributed by atoms with Crippen LogP contribution >= 0.6 is 11.8 Å². The molecule has 2 heteroatoms. The molecule has 1 fully saturated rings. The molecule has 1 N–H and O–H groups in total. The zero-order valence-corrected chi connectivity index (χ0v) is 12.0. The van der Waals surface area contributed by atoms with Crippen molar-refractivity contribution in [3.63, 3.8) is 0 Å². The molecule has 1 rings (SSSR count). The third kappa shape index (κ3) is 6.15. The molecule has 2 unspecified atom stereocenters. The first kappa shape index (κ1) is 14.4. The summed E-state index contributed by atoms with van der Waals surface area (Å²) in [6.45, 7) is 3.59. The van der Waals surface area contributed by atoms with E-state index in [1.54, 1.807) is 0 Å². The Hall–Kier alpha value is 0.310. The number of hydrogen-bond donors (Lipinski definition) is 1. The Balaban J connectivity index is 1.95. The summed E-state index contributed by atoms with van der Waals surface area (Å²) in [4.78, 5) is 0. The van der Waals surface area contributed by atoms with E-state index in [9.17, 15) is 0 Å². The van der Waals surface area contributed by atoms with Crippen molar-refractivity contribution in [1.82, 2.24) is 5.32 Å². The van der Waals surface area contributed by atoms with E-state index in [2.05, 4.69) is 18.5 Å². The second-order valence-electron chi connectivity index (χ2n) is 5.15. The molecule has 0 amide bonds. The Morgan fingerprint density at radius 1 is 1.19 bits per heavy atom. The van der Waals surface area contributed by atoms with E-state index in [0.717, 1.165) is 12.0 Å². The summed E-state index contributed by atoms with van der Waals surface area (Å²) >= 11 is 1.97. The SMILES string of the molecule is CCC1CCCC(NCCCCCSC)C1. The Kier molecular flexibility index (Phi) is 8.40. The monoisotopic (exact) mass is 243 g/mol. The first-order valence-electron chi connectivity index (χ1n) is 7.09. The van der Waals surface area contributed by atoms with Crippen LogP contribution in [0.1, 0.15) is 58.3 Å². The predicted molar refractivity (Wildman–Crippen MR) is 76.3 cm³/mol. The highest BCUT2D eigenvalue weighted by Gasteiger charge is 2.19. The number of nitrogens with one attached hydrogen (secondary N) is 1. The summed E-state index contributed by atoms with van der Waals surface area (Å²) in [5.41, 5.74) is 0. The van der Waals surface area contributed by atoms with Gasteiger partial charge in [-0.1, -0.05) is 32.6 Å². The molecule has 1 aliphatic rings. The quantitative estimate of drug-likeness (QED) is 0.645.